The molecule has 0 saturated heterocycles. The summed E-state index contributed by atoms with van der Waals surface area (Å²) in [5.41, 5.74) is 2.11. The number of anilines is 5. The molecule has 0 saturated carbocycles. The van der Waals surface area contributed by atoms with E-state index in [0.717, 1.165) is 23.2 Å². The second-order valence-corrected chi connectivity index (χ2v) is 7.57. The maximum absolute atomic E-state index is 4.61. The fraction of sp³-hybridized carbons (Fsp3) is 0.368. The maximum atomic E-state index is 4.61. The van der Waals surface area contributed by atoms with Gasteiger partial charge in [-0.15, -0.1) is 15.3 Å². The van der Waals surface area contributed by atoms with Crippen molar-refractivity contribution < 1.29 is 0 Å². The number of rotatable bonds is 9. The second-order valence-electron chi connectivity index (χ2n) is 7.57. The van der Waals surface area contributed by atoms with Crippen LogP contribution in [-0.4, -0.2) is 68.1 Å². The number of H-pyrrole nitrogens is 3. The Hall–Kier alpha value is -3.96. The Bertz CT molecular complexity index is 1100. The Balaban J connectivity index is 1.38. The molecule has 31 heavy (non-hydrogen) atoms. The van der Waals surface area contributed by atoms with Gasteiger partial charge in [-0.3, -0.25) is 9.47 Å². The lowest BCUT2D eigenvalue weighted by Crippen LogP contribution is -2.18. The van der Waals surface area contributed by atoms with Gasteiger partial charge in [-0.25, -0.2) is 5.10 Å². The van der Waals surface area contributed by atoms with Crippen molar-refractivity contribution >= 4 is 29.6 Å². The first-order valence-corrected chi connectivity index (χ1v) is 9.90. The van der Waals surface area contributed by atoms with Crippen LogP contribution in [0.5, 0.6) is 0 Å². The van der Waals surface area contributed by atoms with E-state index < -0.39 is 0 Å². The van der Waals surface area contributed by atoms with Crippen molar-refractivity contribution in [1.29, 1.82) is 0 Å². The molecular formula is C19H28N12. The Morgan fingerprint density at radius 3 is 2.61 bits per heavy atom. The van der Waals surface area contributed by atoms with Gasteiger partial charge in [-0.05, 0) is 24.3 Å². The highest BCUT2D eigenvalue weighted by molar-refractivity contribution is 5.54. The normalized spacial score (nSPS) is 11.0. The fourth-order valence-corrected chi connectivity index (χ4v) is 3.24. The fourth-order valence-electron chi connectivity index (χ4n) is 3.24. The lowest BCUT2D eigenvalue weighted by Gasteiger charge is -2.15. The molecule has 0 atom stereocenters. The molecule has 0 radical (unpaired) electrons. The summed E-state index contributed by atoms with van der Waals surface area (Å²) < 4.78 is 1.91. The van der Waals surface area contributed by atoms with E-state index in [1.165, 1.54) is 0 Å². The number of aromatic amines is 3. The van der Waals surface area contributed by atoms with Gasteiger partial charge in [0.1, 0.15) is 5.82 Å². The third-order valence-corrected chi connectivity index (χ3v) is 4.97. The molecule has 0 amide bonds. The average molecular weight is 425 g/mol. The van der Waals surface area contributed by atoms with E-state index in [9.17, 15) is 0 Å². The van der Waals surface area contributed by atoms with E-state index in [2.05, 4.69) is 40.7 Å². The van der Waals surface area contributed by atoms with Gasteiger partial charge in [-0.2, -0.15) is 4.98 Å². The van der Waals surface area contributed by atoms with Crippen LogP contribution in [0.2, 0.25) is 0 Å². The summed E-state index contributed by atoms with van der Waals surface area (Å²) in [5, 5.41) is 19.0. The topological polar surface area (TPSA) is 126 Å². The monoisotopic (exact) mass is 424 g/mol. The molecule has 0 aliphatic heterocycles. The van der Waals surface area contributed by atoms with Crippen LogP contribution in [0.3, 0.4) is 0 Å². The minimum Gasteiger partial charge on any atom is -0.364 e. The third-order valence-electron chi connectivity index (χ3n) is 4.97. The molecule has 0 aromatic carbocycles. The van der Waals surface area contributed by atoms with Crippen molar-refractivity contribution in [3.05, 3.63) is 41.9 Å². The molecule has 0 bridgehead atoms. The van der Waals surface area contributed by atoms with E-state index in [1.54, 1.807) is 0 Å². The van der Waals surface area contributed by atoms with Crippen LogP contribution >= 0.6 is 0 Å². The quantitative estimate of drug-likeness (QED) is 0.320. The molecule has 4 N–H and O–H groups in total. The van der Waals surface area contributed by atoms with E-state index in [1.807, 2.05) is 85.0 Å². The molecule has 0 fully saturated rings. The van der Waals surface area contributed by atoms with E-state index in [-0.39, 0.29) is 0 Å². The van der Waals surface area contributed by atoms with Gasteiger partial charge >= 0.3 is 0 Å². The van der Waals surface area contributed by atoms with Gasteiger partial charge in [-0.1, -0.05) is 0 Å². The number of hydrogen-bond acceptors (Lipinski definition) is 8. The molecule has 0 aliphatic carbocycles. The first kappa shape index (κ1) is 20.3. The molecule has 4 heterocycles. The van der Waals surface area contributed by atoms with Gasteiger partial charge < -0.3 is 25.1 Å². The van der Waals surface area contributed by atoms with Crippen LogP contribution in [0.1, 0.15) is 11.4 Å². The molecule has 4 aromatic heterocycles. The Morgan fingerprint density at radius 2 is 1.90 bits per heavy atom. The number of aromatic nitrogens is 8. The summed E-state index contributed by atoms with van der Waals surface area (Å²) in [5.74, 6) is 3.68. The Morgan fingerprint density at radius 1 is 1.06 bits per heavy atom. The molecule has 12 nitrogen and oxygen atoms in total. The number of nitrogens with one attached hydrogen (secondary N) is 4. The summed E-state index contributed by atoms with van der Waals surface area (Å²) in [6, 6.07) is 8.04. The third kappa shape index (κ3) is 4.32. The Kier molecular flexibility index (Phi) is 5.52. The van der Waals surface area contributed by atoms with Crippen molar-refractivity contribution in [2.45, 2.75) is 13.1 Å². The van der Waals surface area contributed by atoms with Crippen LogP contribution in [0.15, 0.2) is 30.5 Å². The van der Waals surface area contributed by atoms with Crippen molar-refractivity contribution in [3.63, 3.8) is 0 Å². The zero-order valence-electron chi connectivity index (χ0n) is 18.4. The zero-order valence-corrected chi connectivity index (χ0v) is 18.4. The molecule has 0 aliphatic rings. The first-order chi connectivity index (χ1) is 14.9. The van der Waals surface area contributed by atoms with Crippen LogP contribution < -0.4 is 20.0 Å². The standard InChI is InChI=1S/C19H28N12/c1-28(2)19-27-24-16(31(19)5)21-11-13-8-9-15(22-13)30(4)18-23-17(25-26-18)29(3)12-14-7-6-10-20-14/h6-10,20,22H,11-12H2,1-5H3,(H,21,24)(H,23,25,26). The van der Waals surface area contributed by atoms with Crippen molar-refractivity contribution in [2.24, 2.45) is 7.05 Å². The highest BCUT2D eigenvalue weighted by Gasteiger charge is 2.15. The van der Waals surface area contributed by atoms with Crippen LogP contribution in [-0.2, 0) is 20.1 Å². The largest absolute Gasteiger partial charge is 0.364 e. The van der Waals surface area contributed by atoms with Crippen LogP contribution in [0.25, 0.3) is 0 Å². The van der Waals surface area contributed by atoms with E-state index in [0.29, 0.717) is 30.9 Å². The predicted molar refractivity (Wildman–Crippen MR) is 121 cm³/mol. The summed E-state index contributed by atoms with van der Waals surface area (Å²) in [7, 11) is 9.70. The molecule has 0 spiro atoms. The van der Waals surface area contributed by atoms with E-state index >= 15 is 0 Å². The van der Waals surface area contributed by atoms with Crippen molar-refractivity contribution in [2.75, 3.05) is 48.2 Å². The molecule has 4 aromatic rings. The molecule has 164 valence electrons. The van der Waals surface area contributed by atoms with Crippen LogP contribution in [0, 0.1) is 0 Å². The summed E-state index contributed by atoms with van der Waals surface area (Å²) in [6.45, 7) is 1.29. The average Bonchev–Trinajstić information content (AvgIpc) is 3.52. The van der Waals surface area contributed by atoms with Gasteiger partial charge in [0.05, 0.1) is 13.1 Å². The minimum atomic E-state index is 0.591. The smallest absolute Gasteiger partial charge is 0.246 e. The van der Waals surface area contributed by atoms with Gasteiger partial charge in [0, 0.05) is 52.8 Å². The van der Waals surface area contributed by atoms with Crippen molar-refractivity contribution in [1.82, 2.24) is 39.9 Å². The SMILES string of the molecule is CN(C)c1nnc(NCc2ccc(N(C)c3nc(N(C)Cc4ccc[nH]4)n[nH]3)[nH]2)n1C. The first-order valence-electron chi connectivity index (χ1n) is 9.90. The Labute approximate surface area is 180 Å². The second kappa shape index (κ2) is 8.42. The number of nitrogens with zero attached hydrogens (tertiary/aromatic N) is 8. The van der Waals surface area contributed by atoms with Crippen LogP contribution in [0.4, 0.5) is 29.6 Å². The lowest BCUT2D eigenvalue weighted by molar-refractivity contribution is 0.851. The van der Waals surface area contributed by atoms with Crippen molar-refractivity contribution in [3.8, 4) is 0 Å². The zero-order chi connectivity index (χ0) is 22.0. The molecule has 12 heteroatoms. The van der Waals surface area contributed by atoms with Gasteiger partial charge in [0.15, 0.2) is 0 Å². The highest BCUT2D eigenvalue weighted by atomic mass is 15.4. The molecular weight excluding hydrogens is 396 g/mol. The predicted octanol–water partition coefficient (Wildman–Crippen LogP) is 1.67. The summed E-state index contributed by atoms with van der Waals surface area (Å²) in [6.07, 6.45) is 1.91. The maximum Gasteiger partial charge on any atom is 0.246 e. The highest BCUT2D eigenvalue weighted by Crippen LogP contribution is 2.22. The lowest BCUT2D eigenvalue weighted by atomic mass is 10.4. The van der Waals surface area contributed by atoms with Gasteiger partial charge in [0.25, 0.3) is 0 Å². The molecule has 4 rings (SSSR count). The number of hydrogen-bond donors (Lipinski definition) is 4. The van der Waals surface area contributed by atoms with Gasteiger partial charge in [0.2, 0.25) is 23.8 Å². The van der Waals surface area contributed by atoms with E-state index in [4.69, 9.17) is 0 Å². The summed E-state index contributed by atoms with van der Waals surface area (Å²) >= 11 is 0. The summed E-state index contributed by atoms with van der Waals surface area (Å²) in [4.78, 5) is 17.0. The minimum absolute atomic E-state index is 0.591. The molecule has 0 unspecified atom stereocenters.